The molecule has 0 radical (unpaired) electrons. The molecule has 176 valence electrons. The monoisotopic (exact) mass is 456 g/mol. The van der Waals surface area contributed by atoms with Crippen LogP contribution in [0.5, 0.6) is 0 Å². The summed E-state index contributed by atoms with van der Waals surface area (Å²) in [6.45, 7) is -0.0255. The number of amides is 3. The van der Waals surface area contributed by atoms with Crippen LogP contribution in [0.3, 0.4) is 0 Å². The first-order valence-corrected chi connectivity index (χ1v) is 10.7. The van der Waals surface area contributed by atoms with E-state index in [1.807, 2.05) is 30.3 Å². The van der Waals surface area contributed by atoms with E-state index < -0.39 is 41.8 Å². The van der Waals surface area contributed by atoms with Crippen LogP contribution in [0.15, 0.2) is 42.9 Å². The summed E-state index contributed by atoms with van der Waals surface area (Å²) in [7, 11) is 0. The van der Waals surface area contributed by atoms with Crippen LogP contribution in [0.4, 0.5) is 0 Å². The summed E-state index contributed by atoms with van der Waals surface area (Å²) in [5.74, 6) is -2.61. The van der Waals surface area contributed by atoms with Crippen LogP contribution in [-0.2, 0) is 32.0 Å². The van der Waals surface area contributed by atoms with Crippen LogP contribution in [0, 0.1) is 0 Å². The molecule has 0 saturated carbocycles. The maximum atomic E-state index is 12.9. The van der Waals surface area contributed by atoms with Crippen molar-refractivity contribution in [1.82, 2.24) is 25.5 Å². The highest BCUT2D eigenvalue weighted by Gasteiger charge is 2.34. The van der Waals surface area contributed by atoms with Crippen LogP contribution in [0.1, 0.15) is 24.1 Å². The number of carboxylic acids is 1. The average molecular weight is 457 g/mol. The molecule has 1 saturated heterocycles. The van der Waals surface area contributed by atoms with E-state index in [1.165, 1.54) is 11.2 Å². The summed E-state index contributed by atoms with van der Waals surface area (Å²) in [6.07, 6.45) is 4.45. The van der Waals surface area contributed by atoms with Gasteiger partial charge in [-0.2, -0.15) is 0 Å². The molecule has 3 unspecified atom stereocenters. The molecule has 3 amide bonds. The van der Waals surface area contributed by atoms with Crippen LogP contribution in [0.25, 0.3) is 0 Å². The number of nitrogens with two attached hydrogens (primary N) is 1. The summed E-state index contributed by atoms with van der Waals surface area (Å²) in [5.41, 5.74) is 7.49. The van der Waals surface area contributed by atoms with E-state index in [9.17, 15) is 24.3 Å². The number of imidazole rings is 1. The number of hydrogen-bond donors (Lipinski definition) is 5. The van der Waals surface area contributed by atoms with Crippen molar-refractivity contribution in [3.63, 3.8) is 0 Å². The van der Waals surface area contributed by atoms with Crippen LogP contribution in [0.2, 0.25) is 0 Å². The summed E-state index contributed by atoms with van der Waals surface area (Å²) >= 11 is 0. The van der Waals surface area contributed by atoms with Gasteiger partial charge in [0.15, 0.2) is 0 Å². The van der Waals surface area contributed by atoms with Gasteiger partial charge in [0.25, 0.3) is 0 Å². The number of carbonyl (C=O) groups excluding carboxylic acids is 3. The largest absolute Gasteiger partial charge is 0.480 e. The molecule has 1 aliphatic heterocycles. The molecule has 2 heterocycles. The first kappa shape index (κ1) is 23.9. The van der Waals surface area contributed by atoms with E-state index >= 15 is 0 Å². The normalized spacial score (nSPS) is 17.2. The Balaban J connectivity index is 1.62. The molecule has 1 aliphatic rings. The van der Waals surface area contributed by atoms with Gasteiger partial charge in [-0.1, -0.05) is 30.3 Å². The number of nitrogens with zero attached hydrogens (tertiary/aromatic N) is 2. The Morgan fingerprint density at radius 1 is 1.18 bits per heavy atom. The number of rotatable bonds is 10. The maximum Gasteiger partial charge on any atom is 0.326 e. The lowest BCUT2D eigenvalue weighted by Gasteiger charge is -2.23. The second kappa shape index (κ2) is 11.2. The van der Waals surface area contributed by atoms with Gasteiger partial charge < -0.3 is 31.4 Å². The standard InChI is InChI=1S/C22H28N6O5/c23-16(10-15-11-24-13-26-15)20(30)27-17(9-14-5-2-1-3-6-14)21(31)25-12-19(29)28-8-4-7-18(28)22(32)33/h1-3,5-6,11,13,16-18H,4,7-10,12,23H2,(H,24,26)(H,25,31)(H,27,30)(H,32,33). The zero-order chi connectivity index (χ0) is 23.8. The van der Waals surface area contributed by atoms with Crippen molar-refractivity contribution in [2.75, 3.05) is 13.1 Å². The number of carbonyl (C=O) groups is 4. The Morgan fingerprint density at radius 3 is 2.61 bits per heavy atom. The Morgan fingerprint density at radius 2 is 1.94 bits per heavy atom. The van der Waals surface area contributed by atoms with E-state index in [-0.39, 0.29) is 19.4 Å². The molecule has 0 spiro atoms. The van der Waals surface area contributed by atoms with Crippen LogP contribution in [-0.4, -0.2) is 74.9 Å². The molecule has 3 atom stereocenters. The van der Waals surface area contributed by atoms with Crippen molar-refractivity contribution in [2.45, 2.75) is 43.8 Å². The number of carboxylic acid groups (broad SMARTS) is 1. The molecule has 0 bridgehead atoms. The molecule has 3 rings (SSSR count). The first-order chi connectivity index (χ1) is 15.8. The maximum absolute atomic E-state index is 12.9. The molecule has 1 aromatic heterocycles. The smallest absolute Gasteiger partial charge is 0.326 e. The molecule has 11 heteroatoms. The third-order valence-corrected chi connectivity index (χ3v) is 5.52. The Labute approximate surface area is 190 Å². The number of benzene rings is 1. The van der Waals surface area contributed by atoms with E-state index in [4.69, 9.17) is 5.73 Å². The predicted octanol–water partition coefficient (Wildman–Crippen LogP) is -0.801. The third-order valence-electron chi connectivity index (χ3n) is 5.52. The van der Waals surface area contributed by atoms with Gasteiger partial charge in [-0.3, -0.25) is 14.4 Å². The quantitative estimate of drug-likeness (QED) is 0.311. The molecule has 6 N–H and O–H groups in total. The van der Waals surface area contributed by atoms with Gasteiger partial charge in [0.05, 0.1) is 18.9 Å². The van der Waals surface area contributed by atoms with Crippen molar-refractivity contribution in [2.24, 2.45) is 5.73 Å². The van der Waals surface area contributed by atoms with Gasteiger partial charge in [-0.05, 0) is 18.4 Å². The first-order valence-electron chi connectivity index (χ1n) is 10.7. The zero-order valence-corrected chi connectivity index (χ0v) is 18.1. The van der Waals surface area contributed by atoms with E-state index in [1.54, 1.807) is 6.20 Å². The summed E-state index contributed by atoms with van der Waals surface area (Å²) in [5, 5.41) is 14.5. The molecule has 0 aliphatic carbocycles. The van der Waals surface area contributed by atoms with Crippen molar-refractivity contribution >= 4 is 23.7 Å². The summed E-state index contributed by atoms with van der Waals surface area (Å²) in [4.78, 5) is 57.4. The van der Waals surface area contributed by atoms with Gasteiger partial charge in [-0.25, -0.2) is 9.78 Å². The zero-order valence-electron chi connectivity index (χ0n) is 18.1. The van der Waals surface area contributed by atoms with E-state index in [0.717, 1.165) is 5.56 Å². The molecule has 1 aromatic carbocycles. The fourth-order valence-electron chi connectivity index (χ4n) is 3.77. The van der Waals surface area contributed by atoms with Crippen LogP contribution < -0.4 is 16.4 Å². The minimum atomic E-state index is -1.06. The van der Waals surface area contributed by atoms with Crippen molar-refractivity contribution in [3.05, 3.63) is 54.1 Å². The second-order valence-electron chi connectivity index (χ2n) is 7.94. The van der Waals surface area contributed by atoms with E-state index in [2.05, 4.69) is 20.6 Å². The number of hydrogen-bond acceptors (Lipinski definition) is 6. The van der Waals surface area contributed by atoms with Gasteiger partial charge >= 0.3 is 5.97 Å². The van der Waals surface area contributed by atoms with Gasteiger partial charge in [0.2, 0.25) is 17.7 Å². The highest BCUT2D eigenvalue weighted by Crippen LogP contribution is 2.17. The average Bonchev–Trinajstić information content (AvgIpc) is 3.49. The topological polar surface area (TPSA) is 171 Å². The SMILES string of the molecule is NC(Cc1cnc[nH]1)C(=O)NC(Cc1ccccc1)C(=O)NCC(=O)N1CCCC1C(=O)O. The van der Waals surface area contributed by atoms with Crippen molar-refractivity contribution in [1.29, 1.82) is 0 Å². The van der Waals surface area contributed by atoms with Gasteiger partial charge in [0, 0.05) is 31.3 Å². The number of aliphatic carboxylic acids is 1. The predicted molar refractivity (Wildman–Crippen MR) is 118 cm³/mol. The Hall–Kier alpha value is -3.73. The lowest BCUT2D eigenvalue weighted by atomic mass is 10.0. The number of likely N-dealkylation sites (tertiary alicyclic amines) is 1. The summed E-state index contributed by atoms with van der Waals surface area (Å²) < 4.78 is 0. The molecular formula is C22H28N6O5. The minimum absolute atomic E-state index is 0.199. The molecule has 33 heavy (non-hydrogen) atoms. The van der Waals surface area contributed by atoms with E-state index in [0.29, 0.717) is 25.1 Å². The lowest BCUT2D eigenvalue weighted by Crippen LogP contribution is -2.54. The summed E-state index contributed by atoms with van der Waals surface area (Å²) in [6, 6.07) is 6.37. The number of aromatic nitrogens is 2. The number of nitrogens with one attached hydrogen (secondary N) is 3. The van der Waals surface area contributed by atoms with Gasteiger partial charge in [0.1, 0.15) is 12.1 Å². The fraction of sp³-hybridized carbons (Fsp3) is 0.409. The molecule has 11 nitrogen and oxygen atoms in total. The third kappa shape index (κ3) is 6.62. The van der Waals surface area contributed by atoms with Crippen LogP contribution >= 0.6 is 0 Å². The Bertz CT molecular complexity index is 965. The molecule has 2 aromatic rings. The lowest BCUT2D eigenvalue weighted by molar-refractivity contribution is -0.148. The van der Waals surface area contributed by atoms with Crippen molar-refractivity contribution < 1.29 is 24.3 Å². The number of H-pyrrole nitrogens is 1. The Kier molecular flexibility index (Phi) is 8.14. The fourth-order valence-corrected chi connectivity index (χ4v) is 3.77. The molecule has 1 fully saturated rings. The molecular weight excluding hydrogens is 428 g/mol. The number of aromatic amines is 1. The second-order valence-corrected chi connectivity index (χ2v) is 7.94. The highest BCUT2D eigenvalue weighted by molar-refractivity contribution is 5.93. The highest BCUT2D eigenvalue weighted by atomic mass is 16.4. The minimum Gasteiger partial charge on any atom is -0.480 e. The van der Waals surface area contributed by atoms with Crippen molar-refractivity contribution in [3.8, 4) is 0 Å². The van der Waals surface area contributed by atoms with Gasteiger partial charge in [-0.15, -0.1) is 0 Å².